The molecule has 1 heterocycles. The molecule has 162 valence electrons. The molecule has 0 aliphatic carbocycles. The summed E-state index contributed by atoms with van der Waals surface area (Å²) in [4.78, 5) is 4.63. The van der Waals surface area contributed by atoms with Gasteiger partial charge in [0.2, 0.25) is 0 Å². The molecule has 2 aromatic rings. The molecule has 0 unspecified atom stereocenters. The van der Waals surface area contributed by atoms with E-state index in [1.165, 1.54) is 17.7 Å². The fourth-order valence-electron chi connectivity index (χ4n) is 3.42. The molecule has 1 aliphatic heterocycles. The molecule has 1 aliphatic rings. The summed E-state index contributed by atoms with van der Waals surface area (Å²) in [5.74, 6) is 2.09. The normalized spacial score (nSPS) is 13.4. The summed E-state index contributed by atoms with van der Waals surface area (Å²) in [5.41, 5.74) is 3.89. The van der Waals surface area contributed by atoms with Crippen LogP contribution in [0.5, 0.6) is 11.5 Å². The first-order valence-corrected chi connectivity index (χ1v) is 10.3. The summed E-state index contributed by atoms with van der Waals surface area (Å²) in [7, 11) is 1.69. The summed E-state index contributed by atoms with van der Waals surface area (Å²) in [6.07, 6.45) is 1.44. The molecular formula is C23H30FN3O3. The molecule has 0 atom stereocenters. The first-order valence-electron chi connectivity index (χ1n) is 10.3. The van der Waals surface area contributed by atoms with Crippen LogP contribution in [0, 0.1) is 12.7 Å². The van der Waals surface area contributed by atoms with E-state index in [0.29, 0.717) is 19.6 Å². The number of nitrogens with zero attached hydrogens (tertiary/aromatic N) is 1. The number of ether oxygens (including phenoxy) is 3. The monoisotopic (exact) mass is 415 g/mol. The number of rotatable bonds is 8. The lowest BCUT2D eigenvalue weighted by Crippen LogP contribution is -2.38. The lowest BCUT2D eigenvalue weighted by atomic mass is 10.1. The molecule has 0 fully saturated rings. The van der Waals surface area contributed by atoms with E-state index in [2.05, 4.69) is 33.8 Å². The van der Waals surface area contributed by atoms with E-state index in [4.69, 9.17) is 14.2 Å². The van der Waals surface area contributed by atoms with Crippen molar-refractivity contribution in [1.82, 2.24) is 10.6 Å². The molecule has 2 N–H and O–H groups in total. The van der Waals surface area contributed by atoms with Gasteiger partial charge < -0.3 is 24.8 Å². The zero-order valence-electron chi connectivity index (χ0n) is 17.9. The molecule has 0 radical (unpaired) electrons. The van der Waals surface area contributed by atoms with E-state index < -0.39 is 0 Å². The second-order valence-electron chi connectivity index (χ2n) is 7.16. The van der Waals surface area contributed by atoms with Crippen LogP contribution in [0.1, 0.15) is 29.2 Å². The summed E-state index contributed by atoms with van der Waals surface area (Å²) in [5, 5.41) is 6.60. The van der Waals surface area contributed by atoms with Crippen LogP contribution in [-0.4, -0.2) is 39.5 Å². The van der Waals surface area contributed by atoms with E-state index >= 15 is 0 Å². The maximum Gasteiger partial charge on any atom is 0.191 e. The van der Waals surface area contributed by atoms with E-state index in [1.807, 2.05) is 13.8 Å². The topological polar surface area (TPSA) is 64.1 Å². The van der Waals surface area contributed by atoms with Crippen molar-refractivity contribution in [1.29, 1.82) is 0 Å². The van der Waals surface area contributed by atoms with Crippen molar-refractivity contribution < 1.29 is 18.6 Å². The van der Waals surface area contributed by atoms with Crippen molar-refractivity contribution in [2.75, 3.05) is 33.5 Å². The van der Waals surface area contributed by atoms with Crippen LogP contribution >= 0.6 is 0 Å². The molecule has 2 aromatic carbocycles. The molecule has 0 aromatic heterocycles. The molecule has 0 amide bonds. The summed E-state index contributed by atoms with van der Waals surface area (Å²) < 4.78 is 30.1. The van der Waals surface area contributed by atoms with Crippen LogP contribution in [0.3, 0.4) is 0 Å². The van der Waals surface area contributed by atoms with Gasteiger partial charge in [-0.25, -0.2) is 4.39 Å². The van der Waals surface area contributed by atoms with E-state index in [9.17, 15) is 4.39 Å². The van der Waals surface area contributed by atoms with E-state index in [1.54, 1.807) is 7.11 Å². The van der Waals surface area contributed by atoms with Crippen LogP contribution in [0.2, 0.25) is 0 Å². The van der Waals surface area contributed by atoms with Gasteiger partial charge in [-0.3, -0.25) is 4.99 Å². The quantitative estimate of drug-likeness (QED) is 0.511. The zero-order valence-corrected chi connectivity index (χ0v) is 17.9. The van der Waals surface area contributed by atoms with Gasteiger partial charge in [0.05, 0.1) is 13.7 Å². The number of benzene rings is 2. The first-order chi connectivity index (χ1) is 14.6. The van der Waals surface area contributed by atoms with Crippen LogP contribution in [0.15, 0.2) is 35.3 Å². The number of aliphatic imine (C=N–C) groups is 1. The number of hydrogen-bond acceptors (Lipinski definition) is 4. The number of halogens is 1. The maximum atomic E-state index is 13.9. The summed E-state index contributed by atoms with van der Waals surface area (Å²) >= 11 is 0. The smallest absolute Gasteiger partial charge is 0.191 e. The van der Waals surface area contributed by atoms with Gasteiger partial charge in [0.1, 0.15) is 17.3 Å². The zero-order chi connectivity index (χ0) is 21.3. The van der Waals surface area contributed by atoms with Crippen LogP contribution < -0.4 is 20.1 Å². The highest BCUT2D eigenvalue weighted by Gasteiger charge is 2.16. The third-order valence-corrected chi connectivity index (χ3v) is 4.93. The van der Waals surface area contributed by atoms with Crippen LogP contribution in [0.4, 0.5) is 4.39 Å². The van der Waals surface area contributed by atoms with Gasteiger partial charge in [-0.15, -0.1) is 0 Å². The minimum Gasteiger partial charge on any atom is -0.496 e. The molecule has 30 heavy (non-hydrogen) atoms. The number of guanidine groups is 1. The predicted molar refractivity (Wildman–Crippen MR) is 116 cm³/mol. The Morgan fingerprint density at radius 3 is 2.87 bits per heavy atom. The Labute approximate surface area is 177 Å². The van der Waals surface area contributed by atoms with E-state index in [-0.39, 0.29) is 12.6 Å². The molecule has 0 saturated carbocycles. The minimum absolute atomic E-state index is 0.197. The highest BCUT2D eigenvalue weighted by Crippen LogP contribution is 2.29. The minimum atomic E-state index is -0.277. The Morgan fingerprint density at radius 1 is 1.20 bits per heavy atom. The average molecular weight is 416 g/mol. The van der Waals surface area contributed by atoms with Crippen molar-refractivity contribution >= 4 is 5.96 Å². The molecule has 6 nitrogen and oxygen atoms in total. The molecule has 7 heteroatoms. The molecule has 0 spiro atoms. The largest absolute Gasteiger partial charge is 0.496 e. The van der Waals surface area contributed by atoms with Crippen molar-refractivity contribution in [3.63, 3.8) is 0 Å². The van der Waals surface area contributed by atoms with Gasteiger partial charge in [0.15, 0.2) is 12.8 Å². The van der Waals surface area contributed by atoms with Gasteiger partial charge in [0.25, 0.3) is 0 Å². The molecule has 0 bridgehead atoms. The molecular weight excluding hydrogens is 385 g/mol. The first kappa shape index (κ1) is 21.9. The molecule has 3 rings (SSSR count). The average Bonchev–Trinajstić information content (AvgIpc) is 2.74. The highest BCUT2D eigenvalue weighted by atomic mass is 19.1. The lowest BCUT2D eigenvalue weighted by Gasteiger charge is -2.20. The number of hydrogen-bond donors (Lipinski definition) is 2. The van der Waals surface area contributed by atoms with Gasteiger partial charge in [0, 0.05) is 25.2 Å². The van der Waals surface area contributed by atoms with Crippen molar-refractivity contribution in [3.8, 4) is 11.5 Å². The van der Waals surface area contributed by atoms with Crippen LogP contribution in [-0.2, 0) is 24.2 Å². The van der Waals surface area contributed by atoms with Crippen molar-refractivity contribution in [2.45, 2.75) is 33.3 Å². The van der Waals surface area contributed by atoms with Gasteiger partial charge in [-0.1, -0.05) is 12.1 Å². The van der Waals surface area contributed by atoms with Gasteiger partial charge >= 0.3 is 0 Å². The predicted octanol–water partition coefficient (Wildman–Crippen LogP) is 3.35. The number of nitrogens with one attached hydrogen (secondary N) is 2. The Balaban J connectivity index is 1.57. The highest BCUT2D eigenvalue weighted by molar-refractivity contribution is 5.79. The Hall–Kier alpha value is -2.80. The van der Waals surface area contributed by atoms with Crippen molar-refractivity contribution in [3.05, 3.63) is 58.4 Å². The number of aryl methyl sites for hydroxylation is 1. The summed E-state index contributed by atoms with van der Waals surface area (Å²) in [6, 6.07) is 9.23. The molecule has 0 saturated heterocycles. The third-order valence-electron chi connectivity index (χ3n) is 4.93. The van der Waals surface area contributed by atoms with Gasteiger partial charge in [-0.2, -0.15) is 0 Å². The lowest BCUT2D eigenvalue weighted by molar-refractivity contribution is -0.0172. The van der Waals surface area contributed by atoms with E-state index in [0.717, 1.165) is 53.7 Å². The Kier molecular flexibility index (Phi) is 7.90. The third kappa shape index (κ3) is 5.86. The number of methoxy groups -OCH3 is 1. The second-order valence-corrected chi connectivity index (χ2v) is 7.16. The SMILES string of the molecule is CCNC(=NCCc1cc(F)cc2c1OCOC2)NCCc1ccc(C)c(OC)c1. The fraction of sp³-hybridized carbons (Fsp3) is 0.435. The Bertz CT molecular complexity index is 886. The van der Waals surface area contributed by atoms with Crippen LogP contribution in [0.25, 0.3) is 0 Å². The van der Waals surface area contributed by atoms with Crippen molar-refractivity contribution in [2.24, 2.45) is 4.99 Å². The second kappa shape index (κ2) is 10.8. The summed E-state index contributed by atoms with van der Waals surface area (Å²) in [6.45, 7) is 6.66. The standard InChI is InChI=1S/C23H30FN3O3/c1-4-25-23(26-9-7-17-6-5-16(2)21(11-17)28-3)27-10-8-18-12-20(24)13-19-14-29-15-30-22(18)19/h5-6,11-13H,4,7-10,14-15H2,1-3H3,(H2,25,26,27). The fourth-order valence-corrected chi connectivity index (χ4v) is 3.42. The Morgan fingerprint density at radius 2 is 2.07 bits per heavy atom. The van der Waals surface area contributed by atoms with Gasteiger partial charge in [-0.05, 0) is 61.6 Å². The number of fused-ring (bicyclic) bond motifs is 1. The maximum absolute atomic E-state index is 13.9.